The van der Waals surface area contributed by atoms with Crippen LogP contribution in [0.1, 0.15) is 42.7 Å². The topological polar surface area (TPSA) is 71.1 Å². The van der Waals surface area contributed by atoms with E-state index in [-0.39, 0.29) is 23.4 Å². The maximum absolute atomic E-state index is 13.6. The van der Waals surface area contributed by atoms with Gasteiger partial charge in [-0.05, 0) is 66.8 Å². The second-order valence-electron chi connectivity index (χ2n) is 8.67. The smallest absolute Gasteiger partial charge is 0.254 e. The number of nitrogens with zero attached hydrogens (tertiary/aromatic N) is 1. The first kappa shape index (κ1) is 21.8. The molecule has 3 aromatic rings. The van der Waals surface area contributed by atoms with Gasteiger partial charge in [0.15, 0.2) is 5.78 Å². The van der Waals surface area contributed by atoms with E-state index in [4.69, 9.17) is 0 Å². The van der Waals surface area contributed by atoms with Crippen LogP contribution in [-0.2, 0) is 9.59 Å². The number of rotatable bonds is 4. The van der Waals surface area contributed by atoms with Crippen LogP contribution in [0.25, 0.3) is 0 Å². The third kappa shape index (κ3) is 4.15. The van der Waals surface area contributed by atoms with Gasteiger partial charge in [0.25, 0.3) is 5.91 Å². The monoisotopic (exact) mass is 453 g/mol. The summed E-state index contributed by atoms with van der Waals surface area (Å²) in [5.74, 6) is -1.10. The minimum Gasteiger partial charge on any atom is -0.362 e. The van der Waals surface area contributed by atoms with Crippen LogP contribution >= 0.6 is 0 Å². The molecule has 1 amide bonds. The largest absolute Gasteiger partial charge is 0.362 e. The van der Waals surface area contributed by atoms with Gasteiger partial charge in [-0.25, -0.2) is 4.39 Å². The number of allylic oxidation sites excluding steroid dienone is 3. The number of ketones is 1. The van der Waals surface area contributed by atoms with Gasteiger partial charge in [0.05, 0.1) is 0 Å². The first-order valence-corrected chi connectivity index (χ1v) is 11.3. The molecule has 5 nitrogen and oxygen atoms in total. The van der Waals surface area contributed by atoms with Gasteiger partial charge < -0.3 is 10.6 Å². The van der Waals surface area contributed by atoms with Crippen molar-refractivity contribution in [1.82, 2.24) is 10.3 Å². The Bertz CT molecular complexity index is 1300. The first-order valence-electron chi connectivity index (χ1n) is 11.3. The molecular weight excluding hydrogens is 429 g/mol. The summed E-state index contributed by atoms with van der Waals surface area (Å²) < 4.78 is 13.3. The van der Waals surface area contributed by atoms with Gasteiger partial charge in [0, 0.05) is 53.0 Å². The second-order valence-corrected chi connectivity index (χ2v) is 8.67. The van der Waals surface area contributed by atoms with E-state index in [0.717, 1.165) is 16.8 Å². The summed E-state index contributed by atoms with van der Waals surface area (Å²) in [5, 5.41) is 6.24. The number of anilines is 1. The molecule has 0 saturated heterocycles. The van der Waals surface area contributed by atoms with E-state index in [1.807, 2.05) is 37.3 Å². The van der Waals surface area contributed by atoms with Gasteiger partial charge in [0.2, 0.25) is 0 Å². The summed E-state index contributed by atoms with van der Waals surface area (Å²) in [7, 11) is 0. The maximum Gasteiger partial charge on any atom is 0.254 e. The number of carbonyl (C=O) groups excluding carboxylic acids is 2. The van der Waals surface area contributed by atoms with E-state index in [1.165, 1.54) is 24.3 Å². The Balaban J connectivity index is 1.54. The molecule has 2 aliphatic rings. The molecular formula is C28H24FN3O2. The molecule has 1 aliphatic heterocycles. The third-order valence-electron chi connectivity index (χ3n) is 6.48. The fourth-order valence-electron chi connectivity index (χ4n) is 4.92. The highest BCUT2D eigenvalue weighted by Crippen LogP contribution is 2.45. The zero-order chi connectivity index (χ0) is 23.7. The van der Waals surface area contributed by atoms with Crippen molar-refractivity contribution in [3.8, 4) is 0 Å². The number of Topliss-reactive ketones (excluding diaryl/α,β-unsaturated/α-hetero) is 1. The van der Waals surface area contributed by atoms with Crippen LogP contribution in [0.3, 0.4) is 0 Å². The number of hydrogen-bond acceptors (Lipinski definition) is 4. The number of halogens is 1. The van der Waals surface area contributed by atoms with Crippen molar-refractivity contribution < 1.29 is 14.0 Å². The Morgan fingerprint density at radius 3 is 2.38 bits per heavy atom. The molecule has 2 unspecified atom stereocenters. The lowest BCUT2D eigenvalue weighted by atomic mass is 9.71. The van der Waals surface area contributed by atoms with Crippen molar-refractivity contribution in [3.63, 3.8) is 0 Å². The molecule has 1 aromatic heterocycles. The number of benzene rings is 2. The Morgan fingerprint density at radius 1 is 0.971 bits per heavy atom. The number of aromatic nitrogens is 1. The van der Waals surface area contributed by atoms with E-state index >= 15 is 0 Å². The van der Waals surface area contributed by atoms with Crippen molar-refractivity contribution in [2.75, 3.05) is 5.32 Å². The van der Waals surface area contributed by atoms with E-state index < -0.39 is 5.92 Å². The van der Waals surface area contributed by atoms with Gasteiger partial charge in [-0.15, -0.1) is 0 Å². The van der Waals surface area contributed by atoms with Crippen LogP contribution < -0.4 is 10.6 Å². The van der Waals surface area contributed by atoms with Crippen molar-refractivity contribution in [2.45, 2.75) is 31.6 Å². The van der Waals surface area contributed by atoms with Crippen molar-refractivity contribution in [2.24, 2.45) is 0 Å². The zero-order valence-electron chi connectivity index (χ0n) is 18.7. The van der Waals surface area contributed by atoms with Crippen LogP contribution in [0, 0.1) is 5.82 Å². The van der Waals surface area contributed by atoms with Crippen molar-refractivity contribution >= 4 is 17.4 Å². The van der Waals surface area contributed by atoms with Gasteiger partial charge in [-0.3, -0.25) is 14.6 Å². The molecule has 2 atom stereocenters. The van der Waals surface area contributed by atoms with Crippen LogP contribution in [-0.4, -0.2) is 16.7 Å². The quantitative estimate of drug-likeness (QED) is 0.568. The third-order valence-corrected chi connectivity index (χ3v) is 6.48. The molecule has 34 heavy (non-hydrogen) atoms. The zero-order valence-corrected chi connectivity index (χ0v) is 18.7. The molecule has 0 bridgehead atoms. The number of carbonyl (C=O) groups is 2. The Morgan fingerprint density at radius 2 is 1.68 bits per heavy atom. The van der Waals surface area contributed by atoms with Gasteiger partial charge in [-0.1, -0.05) is 30.3 Å². The van der Waals surface area contributed by atoms with E-state index in [9.17, 15) is 14.0 Å². The molecule has 2 N–H and O–H groups in total. The van der Waals surface area contributed by atoms with E-state index in [0.29, 0.717) is 35.4 Å². The predicted molar refractivity (Wildman–Crippen MR) is 128 cm³/mol. The van der Waals surface area contributed by atoms with Gasteiger partial charge in [0.1, 0.15) is 5.82 Å². The molecule has 5 rings (SSSR count). The lowest BCUT2D eigenvalue weighted by molar-refractivity contribution is -0.116. The molecule has 0 radical (unpaired) electrons. The summed E-state index contributed by atoms with van der Waals surface area (Å²) in [6, 6.07) is 19.4. The molecule has 0 fully saturated rings. The first-order chi connectivity index (χ1) is 16.5. The fraction of sp³-hybridized carbons (Fsp3) is 0.179. The normalized spacial score (nSPS) is 20.0. The number of hydrogen-bond donors (Lipinski definition) is 2. The lowest BCUT2D eigenvalue weighted by Gasteiger charge is -2.37. The minimum absolute atomic E-state index is 0.0315. The maximum atomic E-state index is 13.6. The average molecular weight is 454 g/mol. The number of amides is 1. The average Bonchev–Trinajstić information content (AvgIpc) is 2.85. The van der Waals surface area contributed by atoms with E-state index in [1.54, 1.807) is 12.4 Å². The van der Waals surface area contributed by atoms with E-state index in [2.05, 4.69) is 27.8 Å². The van der Waals surface area contributed by atoms with Crippen molar-refractivity contribution in [1.29, 1.82) is 0 Å². The second kappa shape index (κ2) is 9.06. The molecule has 6 heteroatoms. The number of pyridine rings is 1. The summed E-state index contributed by atoms with van der Waals surface area (Å²) in [6.07, 6.45) is 4.42. The van der Waals surface area contributed by atoms with Crippen LogP contribution in [0.5, 0.6) is 0 Å². The predicted octanol–water partition coefficient (Wildman–Crippen LogP) is 5.22. The molecule has 0 saturated carbocycles. The highest BCUT2D eigenvalue weighted by atomic mass is 19.1. The lowest BCUT2D eigenvalue weighted by Crippen LogP contribution is -2.37. The standard InChI is InChI=1S/C28H24FN3O2/c1-17-25(28(34)32-22-9-7-21(29)8-10-22)26(19-11-13-30-14-12-19)27-23(31-17)15-20(16-24(27)33)18-5-3-2-4-6-18/h2-14,20,26,31H,15-16H2,1H3,(H,32,34). The summed E-state index contributed by atoms with van der Waals surface area (Å²) >= 11 is 0. The number of nitrogens with one attached hydrogen (secondary N) is 2. The van der Waals surface area contributed by atoms with Crippen LogP contribution in [0.4, 0.5) is 10.1 Å². The molecule has 2 aromatic carbocycles. The molecule has 2 heterocycles. The molecule has 0 spiro atoms. The van der Waals surface area contributed by atoms with Gasteiger partial charge >= 0.3 is 0 Å². The Labute approximate surface area is 197 Å². The van der Waals surface area contributed by atoms with Crippen LogP contribution in [0.15, 0.2) is 102 Å². The fourth-order valence-corrected chi connectivity index (χ4v) is 4.92. The minimum atomic E-state index is -0.510. The number of dihydropyridines is 1. The summed E-state index contributed by atoms with van der Waals surface area (Å²) in [6.45, 7) is 1.86. The Hall–Kier alpha value is -4.06. The molecule has 170 valence electrons. The SMILES string of the molecule is CC1=C(C(=O)Nc2ccc(F)cc2)C(c2ccncc2)C2=C(CC(c3ccccc3)CC2=O)N1. The Kier molecular flexibility index (Phi) is 5.80. The van der Waals surface area contributed by atoms with Crippen molar-refractivity contribution in [3.05, 3.63) is 119 Å². The molecule has 1 aliphatic carbocycles. The van der Waals surface area contributed by atoms with Gasteiger partial charge in [-0.2, -0.15) is 0 Å². The summed E-state index contributed by atoms with van der Waals surface area (Å²) in [4.78, 5) is 31.1. The highest BCUT2D eigenvalue weighted by molar-refractivity contribution is 6.10. The highest BCUT2D eigenvalue weighted by Gasteiger charge is 2.40. The summed E-state index contributed by atoms with van der Waals surface area (Å²) in [5.41, 5.74) is 5.11. The van der Waals surface area contributed by atoms with Crippen LogP contribution in [0.2, 0.25) is 0 Å².